The van der Waals surface area contributed by atoms with E-state index in [-0.39, 0.29) is 12.4 Å². The first-order valence-electron chi connectivity index (χ1n) is 8.39. The van der Waals surface area contributed by atoms with E-state index in [0.29, 0.717) is 6.04 Å². The van der Waals surface area contributed by atoms with Crippen LogP contribution in [0.4, 0.5) is 11.5 Å². The lowest BCUT2D eigenvalue weighted by atomic mass is 10.1. The minimum Gasteiger partial charge on any atom is -0.329 e. The molecule has 1 aromatic heterocycles. The molecule has 0 saturated carbocycles. The first kappa shape index (κ1) is 18.7. The van der Waals surface area contributed by atoms with Crippen molar-refractivity contribution in [2.24, 2.45) is 0 Å². The minimum atomic E-state index is 0. The molecule has 24 heavy (non-hydrogen) atoms. The van der Waals surface area contributed by atoms with Crippen LogP contribution in [0.15, 0.2) is 48.7 Å². The van der Waals surface area contributed by atoms with Crippen molar-refractivity contribution in [3.05, 3.63) is 54.2 Å². The Kier molecular flexibility index (Phi) is 7.03. The van der Waals surface area contributed by atoms with E-state index in [1.807, 2.05) is 12.3 Å². The van der Waals surface area contributed by atoms with Gasteiger partial charge in [-0.15, -0.1) is 12.4 Å². The highest BCUT2D eigenvalue weighted by Gasteiger charge is 2.18. The van der Waals surface area contributed by atoms with E-state index in [1.165, 1.54) is 24.9 Å². The zero-order valence-corrected chi connectivity index (χ0v) is 15.3. The Morgan fingerprint density at radius 1 is 1.21 bits per heavy atom. The number of anilines is 2. The number of para-hydroxylation sites is 1. The summed E-state index contributed by atoms with van der Waals surface area (Å²) in [4.78, 5) is 9.27. The highest BCUT2D eigenvalue weighted by Crippen LogP contribution is 2.21. The number of benzene rings is 1. The summed E-state index contributed by atoms with van der Waals surface area (Å²) >= 11 is 0. The van der Waals surface area contributed by atoms with Crippen molar-refractivity contribution in [1.82, 2.24) is 15.2 Å². The summed E-state index contributed by atoms with van der Waals surface area (Å²) in [6, 6.07) is 15.3. The van der Waals surface area contributed by atoms with Crippen LogP contribution in [0, 0.1) is 0 Å². The standard InChI is InChI=1S/C19H26N4.ClH/c1-20-17-7-6-12-23(15-17)14-16-10-11-19(21-13-16)22(2)18-8-4-3-5-9-18;/h3-5,8-11,13,17,20H,6-7,12,14-15H2,1-2H3;1H. The summed E-state index contributed by atoms with van der Waals surface area (Å²) < 4.78 is 0. The van der Waals surface area contributed by atoms with Crippen LogP contribution in [-0.2, 0) is 6.54 Å². The fourth-order valence-electron chi connectivity index (χ4n) is 3.19. The molecule has 130 valence electrons. The molecule has 1 aromatic carbocycles. The number of nitrogens with one attached hydrogen (secondary N) is 1. The number of nitrogens with zero attached hydrogens (tertiary/aromatic N) is 3. The van der Waals surface area contributed by atoms with Gasteiger partial charge >= 0.3 is 0 Å². The van der Waals surface area contributed by atoms with E-state index in [2.05, 4.69) is 70.6 Å². The largest absolute Gasteiger partial charge is 0.329 e. The molecule has 2 aromatic rings. The van der Waals surface area contributed by atoms with Crippen molar-refractivity contribution in [2.45, 2.75) is 25.4 Å². The van der Waals surface area contributed by atoms with E-state index in [0.717, 1.165) is 24.6 Å². The molecule has 1 unspecified atom stereocenters. The lowest BCUT2D eigenvalue weighted by Gasteiger charge is -2.32. The third-order valence-corrected chi connectivity index (χ3v) is 4.62. The number of likely N-dealkylation sites (N-methyl/N-ethyl adjacent to an activating group) is 1. The molecular weight excluding hydrogens is 320 g/mol. The van der Waals surface area contributed by atoms with E-state index >= 15 is 0 Å². The normalized spacial score (nSPS) is 18.0. The second-order valence-electron chi connectivity index (χ2n) is 6.28. The van der Waals surface area contributed by atoms with E-state index < -0.39 is 0 Å². The molecule has 2 heterocycles. The van der Waals surface area contributed by atoms with Gasteiger partial charge in [0.25, 0.3) is 0 Å². The Bertz CT molecular complexity index is 603. The summed E-state index contributed by atoms with van der Waals surface area (Å²) in [5, 5.41) is 3.40. The summed E-state index contributed by atoms with van der Waals surface area (Å²) in [6.45, 7) is 3.30. The SMILES string of the molecule is CNC1CCCN(Cc2ccc(N(C)c3ccccc3)nc2)C1.Cl. The van der Waals surface area contributed by atoms with Gasteiger partial charge in [-0.2, -0.15) is 0 Å². The van der Waals surface area contributed by atoms with Crippen LogP contribution in [0.25, 0.3) is 0 Å². The van der Waals surface area contributed by atoms with Crippen molar-refractivity contribution in [2.75, 3.05) is 32.1 Å². The van der Waals surface area contributed by atoms with Crippen LogP contribution < -0.4 is 10.2 Å². The van der Waals surface area contributed by atoms with Crippen molar-refractivity contribution in [3.63, 3.8) is 0 Å². The third-order valence-electron chi connectivity index (χ3n) is 4.62. The van der Waals surface area contributed by atoms with Crippen molar-refractivity contribution in [1.29, 1.82) is 0 Å². The second-order valence-corrected chi connectivity index (χ2v) is 6.28. The Balaban J connectivity index is 0.00000208. The second kappa shape index (κ2) is 9.02. The van der Waals surface area contributed by atoms with Gasteiger partial charge in [0.2, 0.25) is 0 Å². The molecule has 1 aliphatic heterocycles. The topological polar surface area (TPSA) is 31.4 Å². The summed E-state index contributed by atoms with van der Waals surface area (Å²) in [5.41, 5.74) is 2.44. The van der Waals surface area contributed by atoms with Gasteiger partial charge in [-0.25, -0.2) is 4.98 Å². The maximum Gasteiger partial charge on any atom is 0.132 e. The molecule has 4 nitrogen and oxygen atoms in total. The summed E-state index contributed by atoms with van der Waals surface area (Å²) in [7, 11) is 4.11. The Morgan fingerprint density at radius 2 is 2.00 bits per heavy atom. The molecule has 5 heteroatoms. The van der Waals surface area contributed by atoms with Gasteiger partial charge in [0.1, 0.15) is 5.82 Å². The Labute approximate surface area is 151 Å². The molecule has 1 atom stereocenters. The van der Waals surface area contributed by atoms with E-state index in [1.54, 1.807) is 0 Å². The van der Waals surface area contributed by atoms with Crippen LogP contribution in [0.1, 0.15) is 18.4 Å². The van der Waals surface area contributed by atoms with Gasteiger partial charge in [-0.05, 0) is 50.2 Å². The number of piperidine rings is 1. The van der Waals surface area contributed by atoms with Gasteiger partial charge < -0.3 is 10.2 Å². The number of hydrogen-bond acceptors (Lipinski definition) is 4. The van der Waals surface area contributed by atoms with Crippen molar-refractivity contribution >= 4 is 23.9 Å². The Morgan fingerprint density at radius 3 is 2.67 bits per heavy atom. The maximum atomic E-state index is 4.64. The molecule has 0 aliphatic carbocycles. The lowest BCUT2D eigenvalue weighted by molar-refractivity contribution is 0.188. The van der Waals surface area contributed by atoms with E-state index in [4.69, 9.17) is 0 Å². The zero-order chi connectivity index (χ0) is 16.1. The van der Waals surface area contributed by atoms with Crippen molar-refractivity contribution in [3.8, 4) is 0 Å². The van der Waals surface area contributed by atoms with Crippen LogP contribution in [0.3, 0.4) is 0 Å². The predicted molar refractivity (Wildman–Crippen MR) is 103 cm³/mol. The van der Waals surface area contributed by atoms with Gasteiger partial charge in [0.15, 0.2) is 0 Å². The van der Waals surface area contributed by atoms with Gasteiger partial charge in [-0.3, -0.25) is 4.90 Å². The quantitative estimate of drug-likeness (QED) is 0.898. The minimum absolute atomic E-state index is 0. The molecule has 0 radical (unpaired) electrons. The summed E-state index contributed by atoms with van der Waals surface area (Å²) in [6.07, 6.45) is 4.57. The maximum absolute atomic E-state index is 4.64. The van der Waals surface area contributed by atoms with Gasteiger partial charge in [0.05, 0.1) is 0 Å². The van der Waals surface area contributed by atoms with Crippen LogP contribution in [0.5, 0.6) is 0 Å². The zero-order valence-electron chi connectivity index (χ0n) is 14.5. The molecule has 1 aliphatic rings. The smallest absolute Gasteiger partial charge is 0.132 e. The fraction of sp³-hybridized carbons (Fsp3) is 0.421. The highest BCUT2D eigenvalue weighted by molar-refractivity contribution is 5.85. The first-order valence-corrected chi connectivity index (χ1v) is 8.39. The van der Waals surface area contributed by atoms with Gasteiger partial charge in [-0.1, -0.05) is 24.3 Å². The number of hydrogen-bond donors (Lipinski definition) is 1. The fourth-order valence-corrected chi connectivity index (χ4v) is 3.19. The predicted octanol–water partition coefficient (Wildman–Crippen LogP) is 3.46. The monoisotopic (exact) mass is 346 g/mol. The average molecular weight is 347 g/mol. The Hall–Kier alpha value is -1.62. The van der Waals surface area contributed by atoms with Crippen molar-refractivity contribution < 1.29 is 0 Å². The number of halogens is 1. The third kappa shape index (κ3) is 4.69. The molecular formula is C19H27ClN4. The molecule has 3 rings (SSSR count). The first-order chi connectivity index (χ1) is 11.3. The molecule has 0 spiro atoms. The molecule has 0 amide bonds. The molecule has 0 bridgehead atoms. The summed E-state index contributed by atoms with van der Waals surface area (Å²) in [5.74, 6) is 0.978. The lowest BCUT2D eigenvalue weighted by Crippen LogP contribution is -2.43. The number of aromatic nitrogens is 1. The van der Waals surface area contributed by atoms with Crippen LogP contribution in [0.2, 0.25) is 0 Å². The number of pyridine rings is 1. The molecule has 1 N–H and O–H groups in total. The van der Waals surface area contributed by atoms with Gasteiger partial charge in [0, 0.05) is 38.1 Å². The number of rotatable bonds is 5. The molecule has 1 saturated heterocycles. The highest BCUT2D eigenvalue weighted by atomic mass is 35.5. The van der Waals surface area contributed by atoms with Crippen LogP contribution >= 0.6 is 12.4 Å². The van der Waals surface area contributed by atoms with Crippen LogP contribution in [-0.4, -0.2) is 43.1 Å². The average Bonchev–Trinajstić information content (AvgIpc) is 2.63. The number of likely N-dealkylation sites (tertiary alicyclic amines) is 1. The van der Waals surface area contributed by atoms with E-state index in [9.17, 15) is 0 Å². The molecule has 1 fully saturated rings.